The SMILES string of the molecule is CCOC(=O)CCCOc1ccc(C(N)=O)c(O)c1. The summed E-state index contributed by atoms with van der Waals surface area (Å²) in [5.41, 5.74) is 5.10. The molecule has 1 rings (SSSR count). The van der Waals surface area contributed by atoms with E-state index in [2.05, 4.69) is 0 Å². The largest absolute Gasteiger partial charge is 0.507 e. The Labute approximate surface area is 111 Å². The van der Waals surface area contributed by atoms with Crippen molar-refractivity contribution in [2.75, 3.05) is 13.2 Å². The van der Waals surface area contributed by atoms with E-state index in [0.29, 0.717) is 25.4 Å². The first-order chi connectivity index (χ1) is 9.04. The van der Waals surface area contributed by atoms with Crippen LogP contribution in [0.15, 0.2) is 18.2 Å². The summed E-state index contributed by atoms with van der Waals surface area (Å²) in [4.78, 5) is 22.0. The van der Waals surface area contributed by atoms with E-state index in [1.54, 1.807) is 6.92 Å². The summed E-state index contributed by atoms with van der Waals surface area (Å²) in [7, 11) is 0. The maximum Gasteiger partial charge on any atom is 0.305 e. The Morgan fingerprint density at radius 1 is 1.37 bits per heavy atom. The number of primary amides is 1. The number of esters is 1. The van der Waals surface area contributed by atoms with Gasteiger partial charge >= 0.3 is 5.97 Å². The van der Waals surface area contributed by atoms with E-state index >= 15 is 0 Å². The third-order valence-electron chi connectivity index (χ3n) is 2.33. The van der Waals surface area contributed by atoms with Gasteiger partial charge in [-0.05, 0) is 25.5 Å². The molecule has 0 unspecified atom stereocenters. The van der Waals surface area contributed by atoms with Gasteiger partial charge in [0.25, 0.3) is 5.91 Å². The van der Waals surface area contributed by atoms with Gasteiger partial charge in [0.05, 0.1) is 18.8 Å². The molecule has 0 saturated carbocycles. The number of aromatic hydroxyl groups is 1. The van der Waals surface area contributed by atoms with Crippen molar-refractivity contribution in [2.24, 2.45) is 5.73 Å². The Morgan fingerprint density at radius 3 is 2.68 bits per heavy atom. The molecule has 1 aromatic rings. The topological polar surface area (TPSA) is 98.9 Å². The number of hydrogen-bond acceptors (Lipinski definition) is 5. The Morgan fingerprint density at radius 2 is 2.11 bits per heavy atom. The minimum atomic E-state index is -0.702. The highest BCUT2D eigenvalue weighted by Crippen LogP contribution is 2.23. The van der Waals surface area contributed by atoms with Gasteiger partial charge < -0.3 is 20.3 Å². The summed E-state index contributed by atoms with van der Waals surface area (Å²) in [6, 6.07) is 4.23. The van der Waals surface area contributed by atoms with Gasteiger partial charge in [-0.3, -0.25) is 9.59 Å². The molecule has 0 heterocycles. The Hall–Kier alpha value is -2.24. The number of hydrogen-bond donors (Lipinski definition) is 2. The second-order valence-electron chi connectivity index (χ2n) is 3.80. The minimum Gasteiger partial charge on any atom is -0.507 e. The molecule has 0 spiro atoms. The van der Waals surface area contributed by atoms with E-state index < -0.39 is 5.91 Å². The maximum absolute atomic E-state index is 11.1. The molecule has 0 aliphatic rings. The standard InChI is InChI=1S/C13H17NO5/c1-2-18-12(16)4-3-7-19-9-5-6-10(13(14)17)11(15)8-9/h5-6,8,15H,2-4,7H2,1H3,(H2,14,17). The fourth-order valence-corrected chi connectivity index (χ4v) is 1.45. The molecule has 0 radical (unpaired) electrons. The monoisotopic (exact) mass is 267 g/mol. The second kappa shape index (κ2) is 7.25. The first-order valence-corrected chi connectivity index (χ1v) is 5.95. The maximum atomic E-state index is 11.1. The molecule has 0 saturated heterocycles. The predicted octanol–water partition coefficient (Wildman–Crippen LogP) is 1.21. The summed E-state index contributed by atoms with van der Waals surface area (Å²) in [5, 5.41) is 9.52. The molecule has 0 atom stereocenters. The van der Waals surface area contributed by atoms with Crippen molar-refractivity contribution in [3.63, 3.8) is 0 Å². The van der Waals surface area contributed by atoms with E-state index in [-0.39, 0.29) is 23.7 Å². The van der Waals surface area contributed by atoms with Crippen molar-refractivity contribution in [1.29, 1.82) is 0 Å². The quantitative estimate of drug-likeness (QED) is 0.571. The zero-order chi connectivity index (χ0) is 14.3. The van der Waals surface area contributed by atoms with Gasteiger partial charge in [0.15, 0.2) is 0 Å². The zero-order valence-electron chi connectivity index (χ0n) is 10.7. The number of carbonyl (C=O) groups excluding carboxylic acids is 2. The number of ether oxygens (including phenoxy) is 2. The summed E-state index contributed by atoms with van der Waals surface area (Å²) < 4.78 is 10.1. The van der Waals surface area contributed by atoms with Crippen molar-refractivity contribution in [1.82, 2.24) is 0 Å². The number of benzene rings is 1. The molecule has 0 fully saturated rings. The molecule has 0 aliphatic carbocycles. The van der Waals surface area contributed by atoms with Crippen LogP contribution in [-0.2, 0) is 9.53 Å². The lowest BCUT2D eigenvalue weighted by Crippen LogP contribution is -2.11. The summed E-state index contributed by atoms with van der Waals surface area (Å²) in [6.07, 6.45) is 0.788. The lowest BCUT2D eigenvalue weighted by Gasteiger charge is -2.07. The van der Waals surface area contributed by atoms with Gasteiger partial charge in [0, 0.05) is 12.5 Å². The predicted molar refractivity (Wildman–Crippen MR) is 68.0 cm³/mol. The van der Waals surface area contributed by atoms with Crippen molar-refractivity contribution >= 4 is 11.9 Å². The zero-order valence-corrected chi connectivity index (χ0v) is 10.7. The van der Waals surface area contributed by atoms with E-state index in [1.807, 2.05) is 0 Å². The summed E-state index contributed by atoms with van der Waals surface area (Å²) in [6.45, 7) is 2.42. The molecule has 104 valence electrons. The van der Waals surface area contributed by atoms with Crippen LogP contribution in [0.5, 0.6) is 11.5 Å². The number of amides is 1. The molecule has 6 nitrogen and oxygen atoms in total. The molecule has 6 heteroatoms. The number of rotatable bonds is 7. The van der Waals surface area contributed by atoms with Gasteiger partial charge in [0.2, 0.25) is 0 Å². The van der Waals surface area contributed by atoms with Crippen molar-refractivity contribution in [3.8, 4) is 11.5 Å². The van der Waals surface area contributed by atoms with E-state index in [9.17, 15) is 14.7 Å². The van der Waals surface area contributed by atoms with Gasteiger partial charge in [-0.2, -0.15) is 0 Å². The molecule has 3 N–H and O–H groups in total. The fraction of sp³-hybridized carbons (Fsp3) is 0.385. The van der Waals surface area contributed by atoms with Crippen LogP contribution >= 0.6 is 0 Å². The lowest BCUT2D eigenvalue weighted by molar-refractivity contribution is -0.143. The number of phenols is 1. The van der Waals surface area contributed by atoms with Crippen LogP contribution in [-0.4, -0.2) is 30.2 Å². The van der Waals surface area contributed by atoms with E-state index in [1.165, 1.54) is 18.2 Å². The van der Waals surface area contributed by atoms with Gasteiger partial charge in [-0.25, -0.2) is 0 Å². The van der Waals surface area contributed by atoms with Crippen molar-refractivity contribution in [3.05, 3.63) is 23.8 Å². The fourth-order valence-electron chi connectivity index (χ4n) is 1.45. The highest BCUT2D eigenvalue weighted by atomic mass is 16.5. The molecule has 1 amide bonds. The second-order valence-corrected chi connectivity index (χ2v) is 3.80. The molecule has 0 aliphatic heterocycles. The van der Waals surface area contributed by atoms with Crippen LogP contribution in [0.1, 0.15) is 30.1 Å². The smallest absolute Gasteiger partial charge is 0.305 e. The van der Waals surface area contributed by atoms with Gasteiger partial charge in [-0.15, -0.1) is 0 Å². The third-order valence-corrected chi connectivity index (χ3v) is 2.33. The minimum absolute atomic E-state index is 0.0406. The first kappa shape index (κ1) is 14.8. The van der Waals surface area contributed by atoms with Gasteiger partial charge in [-0.1, -0.05) is 0 Å². The Bertz CT molecular complexity index is 458. The van der Waals surface area contributed by atoms with Gasteiger partial charge in [0.1, 0.15) is 11.5 Å². The first-order valence-electron chi connectivity index (χ1n) is 5.95. The molecular formula is C13H17NO5. The molecule has 1 aromatic carbocycles. The van der Waals surface area contributed by atoms with Crippen molar-refractivity contribution in [2.45, 2.75) is 19.8 Å². The summed E-state index contributed by atoms with van der Waals surface area (Å²) >= 11 is 0. The van der Waals surface area contributed by atoms with Crippen LogP contribution in [0.25, 0.3) is 0 Å². The van der Waals surface area contributed by atoms with E-state index in [0.717, 1.165) is 0 Å². The highest BCUT2D eigenvalue weighted by Gasteiger charge is 2.08. The molecule has 19 heavy (non-hydrogen) atoms. The molecule has 0 aromatic heterocycles. The average Bonchev–Trinajstić information content (AvgIpc) is 2.34. The van der Waals surface area contributed by atoms with Crippen LogP contribution < -0.4 is 10.5 Å². The lowest BCUT2D eigenvalue weighted by atomic mass is 10.2. The van der Waals surface area contributed by atoms with Crippen LogP contribution in [0.2, 0.25) is 0 Å². The van der Waals surface area contributed by atoms with Crippen LogP contribution in [0.4, 0.5) is 0 Å². The average molecular weight is 267 g/mol. The van der Waals surface area contributed by atoms with Crippen LogP contribution in [0.3, 0.4) is 0 Å². The third kappa shape index (κ3) is 4.87. The Balaban J connectivity index is 2.40. The molecule has 0 bridgehead atoms. The number of nitrogens with two attached hydrogens (primary N) is 1. The molecular weight excluding hydrogens is 250 g/mol. The normalized spacial score (nSPS) is 9.95. The highest BCUT2D eigenvalue weighted by molar-refractivity contribution is 5.95. The Kier molecular flexibility index (Phi) is 5.66. The van der Waals surface area contributed by atoms with E-state index in [4.69, 9.17) is 15.2 Å². The van der Waals surface area contributed by atoms with Crippen molar-refractivity contribution < 1.29 is 24.2 Å². The number of carbonyl (C=O) groups is 2. The van der Waals surface area contributed by atoms with Crippen LogP contribution in [0, 0.1) is 0 Å². The summed E-state index contributed by atoms with van der Waals surface area (Å²) in [5.74, 6) is -0.786.